The predicted molar refractivity (Wildman–Crippen MR) is 97.5 cm³/mol. The fourth-order valence-electron chi connectivity index (χ4n) is 2.32. The number of hydrogen-bond acceptors (Lipinski definition) is 7. The van der Waals surface area contributed by atoms with E-state index >= 15 is 0 Å². The minimum Gasteiger partial charge on any atom is -0.497 e. The Morgan fingerprint density at radius 3 is 1.85 bits per heavy atom. The van der Waals surface area contributed by atoms with Gasteiger partial charge in [0, 0.05) is 11.6 Å². The molecule has 0 saturated carbocycles. The molecule has 0 radical (unpaired) electrons. The van der Waals surface area contributed by atoms with E-state index in [0.29, 0.717) is 22.6 Å². The van der Waals surface area contributed by atoms with Crippen molar-refractivity contribution in [3.63, 3.8) is 0 Å². The quantitative estimate of drug-likeness (QED) is 0.559. The molecule has 0 atom stereocenters. The first-order valence-corrected chi connectivity index (χ1v) is 8.12. The number of hydrogen-bond donors (Lipinski definition) is 0. The van der Waals surface area contributed by atoms with Crippen LogP contribution in [0.5, 0.6) is 17.2 Å². The molecule has 7 heteroatoms. The molecular weight excluding hydrogens is 352 g/mol. The van der Waals surface area contributed by atoms with E-state index < -0.39 is 17.7 Å². The summed E-state index contributed by atoms with van der Waals surface area (Å²) >= 11 is 0. The molecule has 0 aromatic heterocycles. The summed E-state index contributed by atoms with van der Waals surface area (Å²) in [6.45, 7) is 3.45. The van der Waals surface area contributed by atoms with Crippen molar-refractivity contribution in [2.75, 3.05) is 21.3 Å². The topological polar surface area (TPSA) is 80.3 Å². The van der Waals surface area contributed by atoms with Gasteiger partial charge in [-0.05, 0) is 50.2 Å². The van der Waals surface area contributed by atoms with Crippen LogP contribution in [0.4, 0.5) is 4.79 Å². The Bertz CT molecular complexity index is 787. The molecule has 144 valence electrons. The summed E-state index contributed by atoms with van der Waals surface area (Å²) in [5.41, 5.74) is 0.0314. The SMILES string of the molecule is COC(=O)c1ccc(OC(=O)OC(C)(C)c2cc(OC)cc(OC)c2)cc1. The lowest BCUT2D eigenvalue weighted by Gasteiger charge is -2.25. The van der Waals surface area contributed by atoms with Crippen molar-refractivity contribution in [2.24, 2.45) is 0 Å². The number of rotatable bonds is 6. The van der Waals surface area contributed by atoms with E-state index in [1.54, 1.807) is 46.3 Å². The van der Waals surface area contributed by atoms with Crippen LogP contribution in [0.15, 0.2) is 42.5 Å². The van der Waals surface area contributed by atoms with Gasteiger partial charge >= 0.3 is 12.1 Å². The van der Waals surface area contributed by atoms with Gasteiger partial charge in [-0.2, -0.15) is 0 Å². The Hall–Kier alpha value is -3.22. The maximum absolute atomic E-state index is 12.2. The molecule has 2 aromatic rings. The molecule has 0 spiro atoms. The minimum absolute atomic E-state index is 0.242. The van der Waals surface area contributed by atoms with Crippen LogP contribution >= 0.6 is 0 Å². The van der Waals surface area contributed by atoms with Crippen molar-refractivity contribution in [3.8, 4) is 17.2 Å². The second-order valence-corrected chi connectivity index (χ2v) is 6.08. The molecule has 0 aliphatic rings. The number of carbonyl (C=O) groups excluding carboxylic acids is 2. The molecule has 0 aliphatic carbocycles. The predicted octanol–water partition coefficient (Wildman–Crippen LogP) is 3.94. The van der Waals surface area contributed by atoms with E-state index in [-0.39, 0.29) is 5.75 Å². The Morgan fingerprint density at radius 2 is 1.37 bits per heavy atom. The summed E-state index contributed by atoms with van der Waals surface area (Å²) < 4.78 is 25.7. The number of ether oxygens (including phenoxy) is 5. The third-order valence-corrected chi connectivity index (χ3v) is 3.86. The van der Waals surface area contributed by atoms with Crippen LogP contribution in [0.1, 0.15) is 29.8 Å². The molecule has 0 heterocycles. The number of methoxy groups -OCH3 is 3. The highest BCUT2D eigenvalue weighted by atomic mass is 16.7. The number of esters is 1. The van der Waals surface area contributed by atoms with Crippen LogP contribution in [0, 0.1) is 0 Å². The summed E-state index contributed by atoms with van der Waals surface area (Å²) in [5.74, 6) is 0.921. The smallest absolute Gasteiger partial charge is 0.497 e. The van der Waals surface area contributed by atoms with Gasteiger partial charge in [0.05, 0.1) is 26.9 Å². The van der Waals surface area contributed by atoms with Gasteiger partial charge in [-0.3, -0.25) is 0 Å². The normalized spacial score (nSPS) is 10.7. The molecule has 0 fully saturated rings. The lowest BCUT2D eigenvalue weighted by molar-refractivity contribution is 0.00612. The maximum Gasteiger partial charge on any atom is 0.514 e. The Kier molecular flexibility index (Phi) is 6.28. The van der Waals surface area contributed by atoms with Crippen molar-refractivity contribution in [1.29, 1.82) is 0 Å². The zero-order valence-corrected chi connectivity index (χ0v) is 15.9. The zero-order chi connectivity index (χ0) is 20.0. The third-order valence-electron chi connectivity index (χ3n) is 3.86. The van der Waals surface area contributed by atoms with Gasteiger partial charge in [0.1, 0.15) is 22.8 Å². The zero-order valence-electron chi connectivity index (χ0n) is 15.9. The van der Waals surface area contributed by atoms with E-state index in [4.69, 9.17) is 18.9 Å². The van der Waals surface area contributed by atoms with Crippen molar-refractivity contribution in [2.45, 2.75) is 19.4 Å². The van der Waals surface area contributed by atoms with Crippen LogP contribution in [-0.2, 0) is 15.1 Å². The van der Waals surface area contributed by atoms with Crippen molar-refractivity contribution in [1.82, 2.24) is 0 Å². The lowest BCUT2D eigenvalue weighted by atomic mass is 9.97. The molecule has 0 unspecified atom stereocenters. The maximum atomic E-state index is 12.2. The van der Waals surface area contributed by atoms with E-state index in [0.717, 1.165) is 0 Å². The van der Waals surface area contributed by atoms with Crippen molar-refractivity contribution < 1.29 is 33.3 Å². The van der Waals surface area contributed by atoms with Crippen LogP contribution in [0.25, 0.3) is 0 Å². The van der Waals surface area contributed by atoms with Gasteiger partial charge in [-0.15, -0.1) is 0 Å². The summed E-state index contributed by atoms with van der Waals surface area (Å²) in [4.78, 5) is 23.6. The largest absolute Gasteiger partial charge is 0.514 e. The molecule has 27 heavy (non-hydrogen) atoms. The van der Waals surface area contributed by atoms with E-state index in [9.17, 15) is 9.59 Å². The highest BCUT2D eigenvalue weighted by Gasteiger charge is 2.28. The first-order chi connectivity index (χ1) is 12.8. The first-order valence-electron chi connectivity index (χ1n) is 8.12. The third kappa shape index (κ3) is 5.13. The van der Waals surface area contributed by atoms with Crippen molar-refractivity contribution in [3.05, 3.63) is 53.6 Å². The van der Waals surface area contributed by atoms with Gasteiger partial charge in [-0.25, -0.2) is 9.59 Å². The highest BCUT2D eigenvalue weighted by molar-refractivity contribution is 5.89. The average Bonchev–Trinajstić information content (AvgIpc) is 2.66. The molecule has 0 bridgehead atoms. The molecule has 7 nitrogen and oxygen atoms in total. The number of benzene rings is 2. The summed E-state index contributed by atoms with van der Waals surface area (Å²) in [5, 5.41) is 0. The lowest BCUT2D eigenvalue weighted by Crippen LogP contribution is -2.27. The number of carbonyl (C=O) groups is 2. The molecule has 2 aromatic carbocycles. The molecule has 0 amide bonds. The fourth-order valence-corrected chi connectivity index (χ4v) is 2.32. The summed E-state index contributed by atoms with van der Waals surface area (Å²) in [7, 11) is 4.37. The molecule has 0 aliphatic heterocycles. The van der Waals surface area contributed by atoms with Gasteiger partial charge in [0.15, 0.2) is 0 Å². The van der Waals surface area contributed by atoms with Crippen molar-refractivity contribution >= 4 is 12.1 Å². The Balaban J connectivity index is 2.11. The Morgan fingerprint density at radius 1 is 0.815 bits per heavy atom. The second-order valence-electron chi connectivity index (χ2n) is 6.08. The summed E-state index contributed by atoms with van der Waals surface area (Å²) in [6, 6.07) is 11.2. The average molecular weight is 374 g/mol. The van der Waals surface area contributed by atoms with E-state index in [1.807, 2.05) is 0 Å². The van der Waals surface area contributed by atoms with Gasteiger partial charge in [0.25, 0.3) is 0 Å². The molecule has 2 rings (SSSR count). The molecule has 0 saturated heterocycles. The van der Waals surface area contributed by atoms with Crippen LogP contribution in [0.2, 0.25) is 0 Å². The molecular formula is C20H22O7. The van der Waals surface area contributed by atoms with Gasteiger partial charge in [-0.1, -0.05) is 0 Å². The standard InChI is InChI=1S/C20H22O7/c1-20(2,14-10-16(23-3)12-17(11-14)24-4)27-19(22)26-15-8-6-13(7-9-15)18(21)25-5/h6-12H,1-5H3. The van der Waals surface area contributed by atoms with Crippen LogP contribution < -0.4 is 14.2 Å². The monoisotopic (exact) mass is 374 g/mol. The van der Waals surface area contributed by atoms with Crippen LogP contribution in [-0.4, -0.2) is 33.5 Å². The van der Waals surface area contributed by atoms with Gasteiger partial charge in [0.2, 0.25) is 0 Å². The second kappa shape index (κ2) is 8.44. The summed E-state index contributed by atoms with van der Waals surface area (Å²) in [6.07, 6.45) is -0.882. The van der Waals surface area contributed by atoms with E-state index in [1.165, 1.54) is 31.4 Å². The Labute approximate surface area is 157 Å². The first kappa shape index (κ1) is 20.1. The van der Waals surface area contributed by atoms with Crippen LogP contribution in [0.3, 0.4) is 0 Å². The fraction of sp³-hybridized carbons (Fsp3) is 0.300. The molecule has 0 N–H and O–H groups in total. The van der Waals surface area contributed by atoms with Gasteiger partial charge < -0.3 is 23.7 Å². The van der Waals surface area contributed by atoms with E-state index in [2.05, 4.69) is 4.74 Å². The highest BCUT2D eigenvalue weighted by Crippen LogP contribution is 2.32. The minimum atomic E-state index is -0.995.